The molecule has 3 aromatic carbocycles. The lowest BCUT2D eigenvalue weighted by Crippen LogP contribution is -2.03. The second kappa shape index (κ2) is 5.81. The summed E-state index contributed by atoms with van der Waals surface area (Å²) >= 11 is 0. The molecule has 2 heteroatoms. The average Bonchev–Trinajstić information content (AvgIpc) is 2.96. The molecule has 0 radical (unpaired) electrons. The van der Waals surface area contributed by atoms with E-state index < -0.39 is 0 Å². The molecule has 23 heavy (non-hydrogen) atoms. The Hall–Kier alpha value is -2.74. The van der Waals surface area contributed by atoms with Gasteiger partial charge in [-0.2, -0.15) is 0 Å². The first-order chi connectivity index (χ1) is 11.3. The molecule has 0 amide bonds. The lowest BCUT2D eigenvalue weighted by Gasteiger charge is -2.10. The third-order valence-electron chi connectivity index (χ3n) is 4.47. The van der Waals surface area contributed by atoms with Crippen molar-refractivity contribution in [1.82, 2.24) is 0 Å². The molecule has 0 bridgehead atoms. The summed E-state index contributed by atoms with van der Waals surface area (Å²) in [7, 11) is 0. The van der Waals surface area contributed by atoms with Crippen LogP contribution < -0.4 is 10.5 Å². The summed E-state index contributed by atoms with van der Waals surface area (Å²) in [5, 5.41) is 0. The first-order valence-electron chi connectivity index (χ1n) is 7.98. The fraction of sp³-hybridized carbons (Fsp3) is 0.143. The Balaban J connectivity index is 1.50. The SMILES string of the molecule is Nc1ccc(OCCc2cccc3c2Cc2ccccc2-3)cc1. The van der Waals surface area contributed by atoms with E-state index in [0.717, 1.165) is 24.3 Å². The van der Waals surface area contributed by atoms with Crippen molar-refractivity contribution < 1.29 is 4.74 Å². The van der Waals surface area contributed by atoms with E-state index in [1.807, 2.05) is 24.3 Å². The van der Waals surface area contributed by atoms with Crippen molar-refractivity contribution in [2.24, 2.45) is 0 Å². The minimum Gasteiger partial charge on any atom is -0.493 e. The van der Waals surface area contributed by atoms with Gasteiger partial charge in [0.15, 0.2) is 0 Å². The molecule has 0 unspecified atom stereocenters. The topological polar surface area (TPSA) is 35.2 Å². The van der Waals surface area contributed by atoms with Crippen LogP contribution in [0.15, 0.2) is 66.7 Å². The maximum atomic E-state index is 5.85. The number of nitrogen functional groups attached to an aromatic ring is 1. The summed E-state index contributed by atoms with van der Waals surface area (Å²) in [6.07, 6.45) is 1.95. The van der Waals surface area contributed by atoms with Gasteiger partial charge in [0.05, 0.1) is 6.61 Å². The molecule has 1 aliphatic carbocycles. The molecule has 0 fully saturated rings. The molecule has 0 spiro atoms. The van der Waals surface area contributed by atoms with Crippen molar-refractivity contribution in [1.29, 1.82) is 0 Å². The Morgan fingerprint density at radius 3 is 2.48 bits per heavy atom. The zero-order chi connectivity index (χ0) is 15.6. The van der Waals surface area contributed by atoms with Gasteiger partial charge in [0.1, 0.15) is 5.75 Å². The smallest absolute Gasteiger partial charge is 0.119 e. The second-order valence-electron chi connectivity index (χ2n) is 5.94. The maximum absolute atomic E-state index is 5.85. The quantitative estimate of drug-likeness (QED) is 0.565. The zero-order valence-corrected chi connectivity index (χ0v) is 13.0. The lowest BCUT2D eigenvalue weighted by atomic mass is 9.99. The van der Waals surface area contributed by atoms with Gasteiger partial charge in [-0.1, -0.05) is 42.5 Å². The van der Waals surface area contributed by atoms with Crippen molar-refractivity contribution in [3.8, 4) is 16.9 Å². The molecule has 0 saturated carbocycles. The third-order valence-corrected chi connectivity index (χ3v) is 4.47. The van der Waals surface area contributed by atoms with Crippen LogP contribution in [0.1, 0.15) is 16.7 Å². The summed E-state index contributed by atoms with van der Waals surface area (Å²) in [5.41, 5.74) is 13.5. The van der Waals surface area contributed by atoms with Gasteiger partial charge in [0.2, 0.25) is 0 Å². The summed E-state index contributed by atoms with van der Waals surface area (Å²) in [6, 6.07) is 22.8. The molecule has 3 aromatic rings. The van der Waals surface area contributed by atoms with Gasteiger partial charge >= 0.3 is 0 Å². The van der Waals surface area contributed by atoms with E-state index in [2.05, 4.69) is 42.5 Å². The third kappa shape index (κ3) is 2.68. The van der Waals surface area contributed by atoms with Crippen LogP contribution in [0.4, 0.5) is 5.69 Å². The van der Waals surface area contributed by atoms with Gasteiger partial charge in [-0.05, 0) is 58.5 Å². The van der Waals surface area contributed by atoms with Crippen LogP contribution in [0, 0.1) is 0 Å². The van der Waals surface area contributed by atoms with Crippen molar-refractivity contribution in [3.63, 3.8) is 0 Å². The number of hydrogen-bond acceptors (Lipinski definition) is 2. The number of rotatable bonds is 4. The molecular formula is C21H19NO. The summed E-state index contributed by atoms with van der Waals surface area (Å²) in [5.74, 6) is 0.870. The molecule has 0 aromatic heterocycles. The first kappa shape index (κ1) is 13.9. The van der Waals surface area contributed by atoms with E-state index in [0.29, 0.717) is 6.61 Å². The molecule has 0 aliphatic heterocycles. The average molecular weight is 301 g/mol. The van der Waals surface area contributed by atoms with Gasteiger partial charge < -0.3 is 10.5 Å². The number of anilines is 1. The Bertz CT molecular complexity index is 837. The number of ether oxygens (including phenoxy) is 1. The van der Waals surface area contributed by atoms with Crippen molar-refractivity contribution in [2.45, 2.75) is 12.8 Å². The number of nitrogens with two attached hydrogens (primary N) is 1. The molecule has 1 aliphatic rings. The van der Waals surface area contributed by atoms with Crippen LogP contribution in [0.5, 0.6) is 5.75 Å². The zero-order valence-electron chi connectivity index (χ0n) is 13.0. The highest BCUT2D eigenvalue weighted by molar-refractivity contribution is 5.77. The Morgan fingerprint density at radius 2 is 1.61 bits per heavy atom. The maximum Gasteiger partial charge on any atom is 0.119 e. The highest BCUT2D eigenvalue weighted by Gasteiger charge is 2.19. The standard InChI is InChI=1S/C21H19NO/c22-17-8-10-18(11-9-17)23-13-12-15-5-3-7-20-19-6-2-1-4-16(19)14-21(15)20/h1-11H,12-14,22H2. The van der Waals surface area contributed by atoms with E-state index in [1.54, 1.807) is 0 Å². The second-order valence-corrected chi connectivity index (χ2v) is 5.94. The van der Waals surface area contributed by atoms with Gasteiger partial charge in [-0.3, -0.25) is 0 Å². The van der Waals surface area contributed by atoms with E-state index >= 15 is 0 Å². The minimum absolute atomic E-state index is 0.677. The fourth-order valence-corrected chi connectivity index (χ4v) is 3.30. The van der Waals surface area contributed by atoms with Gasteiger partial charge in [-0.25, -0.2) is 0 Å². The van der Waals surface area contributed by atoms with Crippen molar-refractivity contribution in [2.75, 3.05) is 12.3 Å². The predicted octanol–water partition coefficient (Wildman–Crippen LogP) is 4.46. The normalized spacial score (nSPS) is 11.8. The Morgan fingerprint density at radius 1 is 0.826 bits per heavy atom. The van der Waals surface area contributed by atoms with Gasteiger partial charge in [0.25, 0.3) is 0 Å². The van der Waals surface area contributed by atoms with Crippen LogP contribution in [-0.2, 0) is 12.8 Å². The first-order valence-corrected chi connectivity index (χ1v) is 7.98. The van der Waals surface area contributed by atoms with Crippen LogP contribution in [0.3, 0.4) is 0 Å². The van der Waals surface area contributed by atoms with Crippen LogP contribution in [0.25, 0.3) is 11.1 Å². The lowest BCUT2D eigenvalue weighted by molar-refractivity contribution is 0.321. The van der Waals surface area contributed by atoms with Gasteiger partial charge in [0, 0.05) is 12.1 Å². The van der Waals surface area contributed by atoms with E-state index in [1.165, 1.54) is 27.8 Å². The van der Waals surface area contributed by atoms with Crippen LogP contribution in [-0.4, -0.2) is 6.61 Å². The monoisotopic (exact) mass is 301 g/mol. The van der Waals surface area contributed by atoms with Crippen molar-refractivity contribution in [3.05, 3.63) is 83.4 Å². The number of hydrogen-bond donors (Lipinski definition) is 1. The molecule has 0 atom stereocenters. The van der Waals surface area contributed by atoms with Gasteiger partial charge in [-0.15, -0.1) is 0 Å². The fourth-order valence-electron chi connectivity index (χ4n) is 3.30. The van der Waals surface area contributed by atoms with E-state index in [9.17, 15) is 0 Å². The van der Waals surface area contributed by atoms with Crippen LogP contribution >= 0.6 is 0 Å². The number of benzene rings is 3. The van der Waals surface area contributed by atoms with Crippen LogP contribution in [0.2, 0.25) is 0 Å². The molecule has 114 valence electrons. The Labute approximate surface area is 136 Å². The molecule has 2 nitrogen and oxygen atoms in total. The summed E-state index contributed by atoms with van der Waals surface area (Å²) in [4.78, 5) is 0. The minimum atomic E-state index is 0.677. The number of fused-ring (bicyclic) bond motifs is 3. The summed E-state index contributed by atoms with van der Waals surface area (Å²) < 4.78 is 5.85. The molecule has 2 N–H and O–H groups in total. The predicted molar refractivity (Wildman–Crippen MR) is 94.7 cm³/mol. The summed E-state index contributed by atoms with van der Waals surface area (Å²) in [6.45, 7) is 0.677. The van der Waals surface area contributed by atoms with E-state index in [-0.39, 0.29) is 0 Å². The van der Waals surface area contributed by atoms with E-state index in [4.69, 9.17) is 10.5 Å². The van der Waals surface area contributed by atoms with Crippen molar-refractivity contribution >= 4 is 5.69 Å². The highest BCUT2D eigenvalue weighted by atomic mass is 16.5. The molecule has 4 rings (SSSR count). The molecular weight excluding hydrogens is 282 g/mol. The molecule has 0 saturated heterocycles. The highest BCUT2D eigenvalue weighted by Crippen LogP contribution is 2.38. The largest absolute Gasteiger partial charge is 0.493 e. The Kier molecular flexibility index (Phi) is 3.51. The molecule has 0 heterocycles.